The summed E-state index contributed by atoms with van der Waals surface area (Å²) in [5, 5.41) is 6.09. The molecule has 3 rings (SSSR count). The summed E-state index contributed by atoms with van der Waals surface area (Å²) in [6, 6.07) is 8.06. The van der Waals surface area contributed by atoms with E-state index in [0.717, 1.165) is 34.4 Å². The molecule has 0 radical (unpaired) electrons. The molecule has 0 spiro atoms. The maximum Gasteiger partial charge on any atom is 0.246 e. The van der Waals surface area contributed by atoms with E-state index < -0.39 is 5.54 Å². The number of aromatic nitrogens is 1. The third-order valence-electron chi connectivity index (χ3n) is 5.91. The molecule has 1 aliphatic rings. The Morgan fingerprint density at radius 1 is 1.28 bits per heavy atom. The lowest BCUT2D eigenvalue weighted by molar-refractivity contribution is -0.125. The predicted molar refractivity (Wildman–Crippen MR) is 147 cm³/mol. The quantitative estimate of drug-likeness (QED) is 0.473. The molecule has 0 saturated carbocycles. The van der Waals surface area contributed by atoms with Crippen LogP contribution in [0, 0.1) is 0 Å². The van der Waals surface area contributed by atoms with Crippen molar-refractivity contribution in [3.05, 3.63) is 58.8 Å². The maximum atomic E-state index is 12.8. The smallest absolute Gasteiger partial charge is 0.246 e. The zero-order valence-corrected chi connectivity index (χ0v) is 23.1. The molecule has 1 aliphatic heterocycles. The Balaban J connectivity index is 0.00000222. The number of benzene rings is 1. The third-order valence-corrected chi connectivity index (χ3v) is 5.91. The number of carbonyl (C=O) groups is 2. The molecule has 2 N–H and O–H groups in total. The van der Waals surface area contributed by atoms with Gasteiger partial charge in [-0.25, -0.2) is 4.98 Å². The topological polar surface area (TPSA) is 83.6 Å². The second-order valence-electron chi connectivity index (χ2n) is 9.58. The van der Waals surface area contributed by atoms with Crippen LogP contribution in [-0.2, 0) is 22.7 Å². The zero-order chi connectivity index (χ0) is 26.9. The predicted octanol–water partition coefficient (Wildman–Crippen LogP) is 5.51. The highest BCUT2D eigenvalue weighted by atomic mass is 16.5. The van der Waals surface area contributed by atoms with Crippen LogP contribution in [0.4, 0.5) is 5.82 Å². The fourth-order valence-electron chi connectivity index (χ4n) is 3.72. The highest BCUT2D eigenvalue weighted by molar-refractivity contribution is 5.98. The molecule has 2 amide bonds. The Kier molecular flexibility index (Phi) is 10.7. The molecule has 0 fully saturated rings. The number of nitrogens with one attached hydrogen (secondary N) is 2. The second kappa shape index (κ2) is 13.2. The first-order valence-electron chi connectivity index (χ1n) is 12.9. The van der Waals surface area contributed by atoms with Gasteiger partial charge < -0.3 is 15.0 Å². The first-order valence-corrected chi connectivity index (χ1v) is 12.9. The van der Waals surface area contributed by atoms with Crippen LogP contribution in [0.3, 0.4) is 0 Å². The minimum Gasteiger partial charge on any atom is -0.493 e. The molecule has 0 bridgehead atoms. The molecule has 0 aliphatic carbocycles. The number of likely N-dealkylation sites (N-methyl/N-ethyl adjacent to an activating group) is 1. The van der Waals surface area contributed by atoms with E-state index in [1.165, 1.54) is 0 Å². The van der Waals surface area contributed by atoms with Crippen LogP contribution >= 0.6 is 0 Å². The van der Waals surface area contributed by atoms with Gasteiger partial charge in [0.25, 0.3) is 0 Å². The third kappa shape index (κ3) is 7.40. The number of rotatable bonds is 8. The normalized spacial score (nSPS) is 14.4. The fourth-order valence-corrected chi connectivity index (χ4v) is 3.72. The van der Waals surface area contributed by atoms with E-state index in [1.807, 2.05) is 45.9 Å². The Hall–Kier alpha value is -3.19. The van der Waals surface area contributed by atoms with Gasteiger partial charge in [0.05, 0.1) is 12.1 Å². The molecule has 2 aromatic rings. The van der Waals surface area contributed by atoms with Crippen LogP contribution < -0.4 is 15.4 Å². The number of ether oxygens (including phenoxy) is 1. The summed E-state index contributed by atoms with van der Waals surface area (Å²) in [7, 11) is 1.79. The van der Waals surface area contributed by atoms with Crippen LogP contribution in [0.1, 0.15) is 83.1 Å². The average molecular weight is 495 g/mol. The van der Waals surface area contributed by atoms with Crippen LogP contribution in [0.25, 0.3) is 6.08 Å². The van der Waals surface area contributed by atoms with E-state index in [-0.39, 0.29) is 11.8 Å². The van der Waals surface area contributed by atoms with Gasteiger partial charge >= 0.3 is 0 Å². The molecule has 7 heteroatoms. The molecular weight excluding hydrogens is 452 g/mol. The van der Waals surface area contributed by atoms with E-state index in [0.29, 0.717) is 31.4 Å². The second-order valence-corrected chi connectivity index (χ2v) is 9.58. The summed E-state index contributed by atoms with van der Waals surface area (Å²) >= 11 is 0. The number of para-hydroxylation sites is 1. The molecule has 2 heterocycles. The van der Waals surface area contributed by atoms with Crippen molar-refractivity contribution in [1.82, 2.24) is 15.2 Å². The SMILES string of the molecule is CC.CCCOc1c(CN(C)C(=O)/C=C/c2cnc3c(c2)CNC(C)(C)C(=O)N3)cccc1C(C)C. The molecule has 0 atom stereocenters. The molecular formula is C29H42N4O3. The number of amides is 2. The molecule has 1 aromatic carbocycles. The molecule has 0 unspecified atom stereocenters. The summed E-state index contributed by atoms with van der Waals surface area (Å²) in [5.74, 6) is 1.53. The van der Waals surface area contributed by atoms with Crippen molar-refractivity contribution in [3.8, 4) is 5.75 Å². The van der Waals surface area contributed by atoms with Gasteiger partial charge in [-0.3, -0.25) is 14.9 Å². The van der Waals surface area contributed by atoms with E-state index in [9.17, 15) is 9.59 Å². The van der Waals surface area contributed by atoms with Gasteiger partial charge in [0.2, 0.25) is 11.8 Å². The molecule has 0 saturated heterocycles. The van der Waals surface area contributed by atoms with Gasteiger partial charge in [-0.1, -0.05) is 52.8 Å². The number of hydrogen-bond acceptors (Lipinski definition) is 5. The van der Waals surface area contributed by atoms with E-state index >= 15 is 0 Å². The van der Waals surface area contributed by atoms with Crippen LogP contribution in [0.2, 0.25) is 0 Å². The van der Waals surface area contributed by atoms with Crippen molar-refractivity contribution in [2.24, 2.45) is 0 Å². The van der Waals surface area contributed by atoms with Gasteiger partial charge in [0, 0.05) is 43.5 Å². The van der Waals surface area contributed by atoms with Crippen molar-refractivity contribution in [1.29, 1.82) is 0 Å². The monoisotopic (exact) mass is 494 g/mol. The maximum absolute atomic E-state index is 12.8. The molecule has 7 nitrogen and oxygen atoms in total. The van der Waals surface area contributed by atoms with Gasteiger partial charge in [-0.2, -0.15) is 0 Å². The van der Waals surface area contributed by atoms with Gasteiger partial charge in [0.1, 0.15) is 11.6 Å². The van der Waals surface area contributed by atoms with E-state index in [1.54, 1.807) is 30.3 Å². The first kappa shape index (κ1) is 29.0. The highest BCUT2D eigenvalue weighted by Crippen LogP contribution is 2.31. The number of fused-ring (bicyclic) bond motifs is 1. The summed E-state index contributed by atoms with van der Waals surface area (Å²) in [6.07, 6.45) is 5.89. The van der Waals surface area contributed by atoms with E-state index in [4.69, 9.17) is 4.74 Å². The highest BCUT2D eigenvalue weighted by Gasteiger charge is 2.30. The van der Waals surface area contributed by atoms with Crippen molar-refractivity contribution in [2.75, 3.05) is 19.0 Å². The Morgan fingerprint density at radius 2 is 2.00 bits per heavy atom. The summed E-state index contributed by atoms with van der Waals surface area (Å²) in [5.41, 5.74) is 3.15. The lowest BCUT2D eigenvalue weighted by Gasteiger charge is -2.21. The van der Waals surface area contributed by atoms with Gasteiger partial charge in [-0.05, 0) is 49.5 Å². The lowest BCUT2D eigenvalue weighted by Crippen LogP contribution is -2.47. The summed E-state index contributed by atoms with van der Waals surface area (Å²) in [4.78, 5) is 31.2. The number of hydrogen-bond donors (Lipinski definition) is 2. The number of pyridine rings is 1. The van der Waals surface area contributed by atoms with Crippen LogP contribution in [0.5, 0.6) is 5.75 Å². The summed E-state index contributed by atoms with van der Waals surface area (Å²) in [6.45, 7) is 15.6. The van der Waals surface area contributed by atoms with Crippen LogP contribution in [-0.4, -0.2) is 40.9 Å². The Labute approximate surface area is 216 Å². The largest absolute Gasteiger partial charge is 0.493 e. The molecule has 36 heavy (non-hydrogen) atoms. The van der Waals surface area contributed by atoms with Crippen molar-refractivity contribution >= 4 is 23.7 Å². The van der Waals surface area contributed by atoms with E-state index in [2.05, 4.69) is 42.5 Å². The number of nitrogens with zero attached hydrogens (tertiary/aromatic N) is 2. The first-order chi connectivity index (χ1) is 17.1. The Bertz CT molecular complexity index is 1080. The molecule has 1 aromatic heterocycles. The average Bonchev–Trinajstić information content (AvgIpc) is 2.97. The van der Waals surface area contributed by atoms with Gasteiger partial charge in [0.15, 0.2) is 0 Å². The van der Waals surface area contributed by atoms with Crippen molar-refractivity contribution < 1.29 is 14.3 Å². The van der Waals surface area contributed by atoms with Crippen molar-refractivity contribution in [2.45, 2.75) is 79.4 Å². The summed E-state index contributed by atoms with van der Waals surface area (Å²) < 4.78 is 6.07. The molecule has 196 valence electrons. The minimum absolute atomic E-state index is 0.112. The fraction of sp³-hybridized carbons (Fsp3) is 0.483. The Morgan fingerprint density at radius 3 is 2.67 bits per heavy atom. The van der Waals surface area contributed by atoms with Gasteiger partial charge in [-0.15, -0.1) is 0 Å². The number of carbonyl (C=O) groups excluding carboxylic acids is 2. The van der Waals surface area contributed by atoms with Crippen LogP contribution in [0.15, 0.2) is 36.5 Å². The number of anilines is 1. The van der Waals surface area contributed by atoms with Crippen molar-refractivity contribution in [3.63, 3.8) is 0 Å². The lowest BCUT2D eigenvalue weighted by atomic mass is 9.98. The minimum atomic E-state index is -0.679. The standard InChI is InChI=1S/C27H36N4O3.C2H6/c1-7-13-34-24-20(9-8-10-22(24)18(2)3)17-31(6)23(32)12-11-19-14-21-16-29-27(4,5)26(33)30-25(21)28-15-19;1-2/h8-12,14-15,18,29H,7,13,16-17H2,1-6H3,(H,28,30,33);1-2H3/b12-11+;. The zero-order valence-electron chi connectivity index (χ0n) is 23.1.